The third-order valence-corrected chi connectivity index (χ3v) is 4.64. The molecule has 1 rings (SSSR count). The SMILES string of the molecule is COc1ccccc1CCN(C)S(=O)(=O)N(C)C. The molecule has 5 nitrogen and oxygen atoms in total. The van der Waals surface area contributed by atoms with Gasteiger partial charge in [0.15, 0.2) is 0 Å². The van der Waals surface area contributed by atoms with E-state index >= 15 is 0 Å². The lowest BCUT2D eigenvalue weighted by Gasteiger charge is -2.21. The number of benzene rings is 1. The van der Waals surface area contributed by atoms with Crippen LogP contribution in [0, 0.1) is 0 Å². The van der Waals surface area contributed by atoms with Gasteiger partial charge in [-0.2, -0.15) is 17.0 Å². The molecule has 0 atom stereocenters. The van der Waals surface area contributed by atoms with Crippen LogP contribution in [0.1, 0.15) is 5.56 Å². The minimum atomic E-state index is -3.34. The van der Waals surface area contributed by atoms with Gasteiger partial charge in [0, 0.05) is 27.7 Å². The molecule has 0 aromatic heterocycles. The number of methoxy groups -OCH3 is 1. The van der Waals surface area contributed by atoms with Gasteiger partial charge in [0.2, 0.25) is 0 Å². The highest BCUT2D eigenvalue weighted by molar-refractivity contribution is 7.86. The molecule has 0 saturated heterocycles. The summed E-state index contributed by atoms with van der Waals surface area (Å²) in [5, 5.41) is 0. The highest BCUT2D eigenvalue weighted by Crippen LogP contribution is 2.18. The molecule has 1 aromatic carbocycles. The first-order chi connectivity index (χ1) is 8.39. The van der Waals surface area contributed by atoms with E-state index in [1.165, 1.54) is 22.7 Å². The van der Waals surface area contributed by atoms with Crippen LogP contribution >= 0.6 is 0 Å². The minimum Gasteiger partial charge on any atom is -0.496 e. The number of nitrogens with zero attached hydrogens (tertiary/aromatic N) is 2. The number of likely N-dealkylation sites (N-methyl/N-ethyl adjacent to an activating group) is 1. The van der Waals surface area contributed by atoms with E-state index in [0.717, 1.165) is 11.3 Å². The average Bonchev–Trinajstić information content (AvgIpc) is 2.35. The predicted octanol–water partition coefficient (Wildman–Crippen LogP) is 0.976. The van der Waals surface area contributed by atoms with Gasteiger partial charge < -0.3 is 4.74 Å². The van der Waals surface area contributed by atoms with Gasteiger partial charge in [-0.3, -0.25) is 0 Å². The second kappa shape index (κ2) is 6.17. The lowest BCUT2D eigenvalue weighted by molar-refractivity contribution is 0.399. The van der Waals surface area contributed by atoms with Gasteiger partial charge in [-0.15, -0.1) is 0 Å². The Morgan fingerprint density at radius 3 is 2.33 bits per heavy atom. The largest absolute Gasteiger partial charge is 0.496 e. The van der Waals surface area contributed by atoms with Crippen LogP contribution in [0.3, 0.4) is 0 Å². The van der Waals surface area contributed by atoms with E-state index < -0.39 is 10.2 Å². The number of hydrogen-bond acceptors (Lipinski definition) is 3. The monoisotopic (exact) mass is 272 g/mol. The van der Waals surface area contributed by atoms with Gasteiger partial charge in [0.1, 0.15) is 5.75 Å². The summed E-state index contributed by atoms with van der Waals surface area (Å²) in [4.78, 5) is 0. The Bertz CT molecular complexity index is 486. The van der Waals surface area contributed by atoms with E-state index in [9.17, 15) is 8.42 Å². The zero-order valence-corrected chi connectivity index (χ0v) is 12.1. The second-order valence-corrected chi connectivity index (χ2v) is 6.42. The van der Waals surface area contributed by atoms with Gasteiger partial charge in [-0.05, 0) is 18.1 Å². The topological polar surface area (TPSA) is 49.9 Å². The first-order valence-corrected chi connectivity index (χ1v) is 7.05. The van der Waals surface area contributed by atoms with Crippen LogP contribution in [0.15, 0.2) is 24.3 Å². The van der Waals surface area contributed by atoms with Gasteiger partial charge in [0.25, 0.3) is 10.2 Å². The van der Waals surface area contributed by atoms with Crippen molar-refractivity contribution in [3.05, 3.63) is 29.8 Å². The molecule has 0 radical (unpaired) electrons. The zero-order valence-electron chi connectivity index (χ0n) is 11.3. The van der Waals surface area contributed by atoms with E-state index in [4.69, 9.17) is 4.74 Å². The van der Waals surface area contributed by atoms with Gasteiger partial charge >= 0.3 is 0 Å². The van der Waals surface area contributed by atoms with E-state index in [1.807, 2.05) is 24.3 Å². The highest BCUT2D eigenvalue weighted by Gasteiger charge is 2.20. The third kappa shape index (κ3) is 3.44. The molecule has 0 aliphatic carbocycles. The average molecular weight is 272 g/mol. The first kappa shape index (κ1) is 14.9. The number of rotatable bonds is 6. The normalized spacial score (nSPS) is 12.1. The molecule has 0 N–H and O–H groups in total. The Kier molecular flexibility index (Phi) is 5.13. The second-order valence-electron chi connectivity index (χ2n) is 4.17. The van der Waals surface area contributed by atoms with Crippen molar-refractivity contribution < 1.29 is 13.2 Å². The van der Waals surface area contributed by atoms with Crippen LogP contribution in [-0.4, -0.2) is 51.8 Å². The molecule has 0 fully saturated rings. The van der Waals surface area contributed by atoms with Crippen LogP contribution in [-0.2, 0) is 16.6 Å². The highest BCUT2D eigenvalue weighted by atomic mass is 32.2. The summed E-state index contributed by atoms with van der Waals surface area (Å²) in [6.45, 7) is 0.418. The molecule has 0 spiro atoms. The predicted molar refractivity (Wildman–Crippen MR) is 71.9 cm³/mol. The molecule has 0 saturated carbocycles. The Labute approximate surface area is 109 Å². The molecule has 0 aliphatic rings. The van der Waals surface area contributed by atoms with E-state index in [0.29, 0.717) is 13.0 Å². The van der Waals surface area contributed by atoms with Crippen LogP contribution in [0.25, 0.3) is 0 Å². The maximum absolute atomic E-state index is 11.8. The lowest BCUT2D eigenvalue weighted by Crippen LogP contribution is -2.38. The quantitative estimate of drug-likeness (QED) is 0.775. The molecule has 102 valence electrons. The Balaban J connectivity index is 2.71. The van der Waals surface area contributed by atoms with Crippen LogP contribution in [0.2, 0.25) is 0 Å². The summed E-state index contributed by atoms with van der Waals surface area (Å²) in [5.41, 5.74) is 1.00. The summed E-state index contributed by atoms with van der Waals surface area (Å²) in [5.74, 6) is 0.785. The molecule has 1 aromatic rings. The molecule has 0 heterocycles. The maximum atomic E-state index is 11.8. The molecule has 0 unspecified atom stereocenters. The minimum absolute atomic E-state index is 0.418. The Hall–Kier alpha value is -1.11. The van der Waals surface area contributed by atoms with Crippen molar-refractivity contribution in [1.82, 2.24) is 8.61 Å². The van der Waals surface area contributed by atoms with Crippen LogP contribution in [0.4, 0.5) is 0 Å². The van der Waals surface area contributed by atoms with Crippen molar-refractivity contribution in [2.75, 3.05) is 34.8 Å². The van der Waals surface area contributed by atoms with Crippen LogP contribution < -0.4 is 4.74 Å². The molecule has 6 heteroatoms. The molecule has 0 amide bonds. The Morgan fingerprint density at radius 2 is 1.78 bits per heavy atom. The maximum Gasteiger partial charge on any atom is 0.281 e. The fourth-order valence-electron chi connectivity index (χ4n) is 1.58. The van der Waals surface area contributed by atoms with E-state index in [1.54, 1.807) is 14.2 Å². The Morgan fingerprint density at radius 1 is 1.17 bits per heavy atom. The summed E-state index contributed by atoms with van der Waals surface area (Å²) >= 11 is 0. The summed E-state index contributed by atoms with van der Waals surface area (Å²) in [6, 6.07) is 7.62. The van der Waals surface area contributed by atoms with E-state index in [-0.39, 0.29) is 0 Å². The van der Waals surface area contributed by atoms with Crippen molar-refractivity contribution in [2.45, 2.75) is 6.42 Å². The smallest absolute Gasteiger partial charge is 0.281 e. The molecule has 18 heavy (non-hydrogen) atoms. The molecular formula is C12H20N2O3S. The van der Waals surface area contributed by atoms with Gasteiger partial charge in [0.05, 0.1) is 7.11 Å². The van der Waals surface area contributed by atoms with Gasteiger partial charge in [-0.1, -0.05) is 18.2 Å². The van der Waals surface area contributed by atoms with Crippen molar-refractivity contribution >= 4 is 10.2 Å². The summed E-state index contributed by atoms with van der Waals surface area (Å²) in [7, 11) is 2.89. The fraction of sp³-hybridized carbons (Fsp3) is 0.500. The van der Waals surface area contributed by atoms with Crippen molar-refractivity contribution in [3.8, 4) is 5.75 Å². The lowest BCUT2D eigenvalue weighted by atomic mass is 10.1. The number of ether oxygens (including phenoxy) is 1. The molecule has 0 bridgehead atoms. The van der Waals surface area contributed by atoms with Crippen molar-refractivity contribution in [2.24, 2.45) is 0 Å². The number of para-hydroxylation sites is 1. The molecule has 0 aliphatic heterocycles. The van der Waals surface area contributed by atoms with Crippen molar-refractivity contribution in [1.29, 1.82) is 0 Å². The summed E-state index contributed by atoms with van der Waals surface area (Å²) < 4.78 is 31.4. The zero-order chi connectivity index (χ0) is 13.8. The standard InChI is InChI=1S/C12H20N2O3S/c1-13(2)18(15,16)14(3)10-9-11-7-5-6-8-12(11)17-4/h5-8H,9-10H2,1-4H3. The van der Waals surface area contributed by atoms with Gasteiger partial charge in [-0.25, -0.2) is 0 Å². The summed E-state index contributed by atoms with van der Waals surface area (Å²) in [6.07, 6.45) is 0.619. The van der Waals surface area contributed by atoms with E-state index in [2.05, 4.69) is 0 Å². The van der Waals surface area contributed by atoms with Crippen LogP contribution in [0.5, 0.6) is 5.75 Å². The number of hydrogen-bond donors (Lipinski definition) is 0. The fourth-order valence-corrected chi connectivity index (χ4v) is 2.46. The molecular weight excluding hydrogens is 252 g/mol. The first-order valence-electron chi connectivity index (χ1n) is 5.65. The third-order valence-electron chi connectivity index (χ3n) is 2.74. The van der Waals surface area contributed by atoms with Crippen molar-refractivity contribution in [3.63, 3.8) is 0 Å².